The van der Waals surface area contributed by atoms with Gasteiger partial charge in [0.15, 0.2) is 19.0 Å². The fraction of sp³-hybridized carbons (Fsp3) is 0.235. The number of pyridine rings is 1. The van der Waals surface area contributed by atoms with Gasteiger partial charge in [-0.2, -0.15) is 4.73 Å². The second kappa shape index (κ2) is 6.91. The van der Waals surface area contributed by atoms with Gasteiger partial charge in [-0.25, -0.2) is 4.79 Å². The molecule has 0 spiro atoms. The number of carbonyl (C=O) groups excluding carboxylic acids is 2. The lowest BCUT2D eigenvalue weighted by Crippen LogP contribution is -2.25. The Morgan fingerprint density at radius 3 is 2.26 bits per heavy atom. The Labute approximate surface area is 134 Å². The van der Waals surface area contributed by atoms with E-state index in [2.05, 4.69) is 5.32 Å². The van der Waals surface area contributed by atoms with Gasteiger partial charge in [0.1, 0.15) is 0 Å². The lowest BCUT2D eigenvalue weighted by molar-refractivity contribution is -0.605. The average molecular weight is 314 g/mol. The molecule has 1 aromatic heterocycles. The molecule has 0 unspecified atom stereocenters. The Bertz CT molecular complexity index is 716. The molecule has 1 N–H and O–H groups in total. The highest BCUT2D eigenvalue weighted by Crippen LogP contribution is 2.21. The van der Waals surface area contributed by atoms with E-state index in [1.807, 2.05) is 32.9 Å². The van der Waals surface area contributed by atoms with E-state index in [0.717, 1.165) is 22.4 Å². The summed E-state index contributed by atoms with van der Waals surface area (Å²) in [5, 5.41) is 13.7. The molecule has 6 nitrogen and oxygen atoms in total. The minimum atomic E-state index is -0.655. The highest BCUT2D eigenvalue weighted by molar-refractivity contribution is 5.96. The van der Waals surface area contributed by atoms with E-state index in [9.17, 15) is 14.8 Å². The summed E-state index contributed by atoms with van der Waals surface area (Å²) in [6.45, 7) is 5.41. The number of nitrogens with one attached hydrogen (secondary N) is 1. The molecule has 120 valence electrons. The Hall–Kier alpha value is -2.89. The Balaban J connectivity index is 1.95. The number of ether oxygens (including phenoxy) is 1. The summed E-state index contributed by atoms with van der Waals surface area (Å²) >= 11 is 0. The van der Waals surface area contributed by atoms with Crippen molar-refractivity contribution >= 4 is 17.6 Å². The molecular formula is C17H18N2O4. The number of hydrogen-bond donors (Lipinski definition) is 1. The normalized spacial score (nSPS) is 10.2. The smallest absolute Gasteiger partial charge is 0.339 e. The van der Waals surface area contributed by atoms with Crippen LogP contribution in [0.4, 0.5) is 5.69 Å². The van der Waals surface area contributed by atoms with Crippen LogP contribution in [0.3, 0.4) is 0 Å². The zero-order valence-electron chi connectivity index (χ0n) is 13.3. The Kier molecular flexibility index (Phi) is 4.95. The van der Waals surface area contributed by atoms with Gasteiger partial charge in [0.2, 0.25) is 0 Å². The fourth-order valence-corrected chi connectivity index (χ4v) is 2.32. The molecule has 1 aromatic carbocycles. The third-order valence-electron chi connectivity index (χ3n) is 3.31. The number of aromatic nitrogens is 1. The third kappa shape index (κ3) is 4.29. The first-order valence-electron chi connectivity index (χ1n) is 7.10. The largest absolute Gasteiger partial charge is 0.619 e. The summed E-state index contributed by atoms with van der Waals surface area (Å²) < 4.78 is 5.51. The van der Waals surface area contributed by atoms with Crippen molar-refractivity contribution < 1.29 is 19.1 Å². The SMILES string of the molecule is Cc1cc(C)c(NC(=O)COC(=O)c2cc[n+]([O-])cc2)c(C)c1. The van der Waals surface area contributed by atoms with Crippen LogP contribution in [0.1, 0.15) is 27.0 Å². The first-order valence-corrected chi connectivity index (χ1v) is 7.10. The number of rotatable bonds is 4. The average Bonchev–Trinajstić information content (AvgIpc) is 2.49. The zero-order valence-corrected chi connectivity index (χ0v) is 13.3. The predicted molar refractivity (Wildman–Crippen MR) is 85.0 cm³/mol. The molecule has 0 aliphatic carbocycles. The molecule has 0 aliphatic heterocycles. The zero-order chi connectivity index (χ0) is 17.0. The highest BCUT2D eigenvalue weighted by Gasteiger charge is 2.13. The van der Waals surface area contributed by atoms with Gasteiger partial charge in [0, 0.05) is 17.8 Å². The minimum Gasteiger partial charge on any atom is -0.619 e. The van der Waals surface area contributed by atoms with E-state index in [-0.39, 0.29) is 5.56 Å². The Morgan fingerprint density at radius 2 is 1.70 bits per heavy atom. The van der Waals surface area contributed by atoms with Crippen LogP contribution in [0.5, 0.6) is 0 Å². The van der Waals surface area contributed by atoms with Crippen LogP contribution < -0.4 is 10.0 Å². The second-order valence-electron chi connectivity index (χ2n) is 5.34. The summed E-state index contributed by atoms with van der Waals surface area (Å²) in [6, 6.07) is 6.61. The van der Waals surface area contributed by atoms with E-state index in [1.54, 1.807) is 0 Å². The highest BCUT2D eigenvalue weighted by atomic mass is 16.5. The summed E-state index contributed by atoms with van der Waals surface area (Å²) in [7, 11) is 0. The number of anilines is 1. The van der Waals surface area contributed by atoms with Crippen molar-refractivity contribution in [2.24, 2.45) is 0 Å². The van der Waals surface area contributed by atoms with Crippen molar-refractivity contribution in [2.75, 3.05) is 11.9 Å². The standard InChI is InChI=1S/C17H18N2O4/c1-11-8-12(2)16(13(3)9-11)18-15(20)10-23-17(21)14-4-6-19(22)7-5-14/h4-9H,10H2,1-3H3,(H,18,20). The summed E-state index contributed by atoms with van der Waals surface area (Å²) in [5.74, 6) is -1.07. The van der Waals surface area contributed by atoms with Gasteiger partial charge in [-0.05, 0) is 31.9 Å². The van der Waals surface area contributed by atoms with Gasteiger partial charge >= 0.3 is 5.97 Å². The summed E-state index contributed by atoms with van der Waals surface area (Å²) in [6.07, 6.45) is 2.38. The van der Waals surface area contributed by atoms with Crippen molar-refractivity contribution in [3.63, 3.8) is 0 Å². The molecule has 0 saturated carbocycles. The maximum atomic E-state index is 11.9. The van der Waals surface area contributed by atoms with Crippen LogP contribution in [0, 0.1) is 26.0 Å². The molecule has 0 atom stereocenters. The Morgan fingerprint density at radius 1 is 1.13 bits per heavy atom. The van der Waals surface area contributed by atoms with Crippen molar-refractivity contribution in [2.45, 2.75) is 20.8 Å². The molecule has 0 aliphatic rings. The van der Waals surface area contributed by atoms with E-state index in [0.29, 0.717) is 4.73 Å². The molecular weight excluding hydrogens is 296 g/mol. The van der Waals surface area contributed by atoms with E-state index >= 15 is 0 Å². The number of esters is 1. The molecule has 2 rings (SSSR count). The number of nitrogens with zero attached hydrogens (tertiary/aromatic N) is 1. The second-order valence-corrected chi connectivity index (χ2v) is 5.34. The van der Waals surface area contributed by atoms with Crippen molar-refractivity contribution in [1.82, 2.24) is 0 Å². The first kappa shape index (κ1) is 16.5. The van der Waals surface area contributed by atoms with Gasteiger partial charge < -0.3 is 15.3 Å². The van der Waals surface area contributed by atoms with Crippen LogP contribution in [0.25, 0.3) is 0 Å². The molecule has 0 radical (unpaired) electrons. The number of amides is 1. The lowest BCUT2D eigenvalue weighted by atomic mass is 10.1. The van der Waals surface area contributed by atoms with Crippen LogP contribution in [-0.4, -0.2) is 18.5 Å². The van der Waals surface area contributed by atoms with Crippen molar-refractivity contribution in [1.29, 1.82) is 0 Å². The quantitative estimate of drug-likeness (QED) is 0.532. The monoisotopic (exact) mass is 314 g/mol. The van der Waals surface area contributed by atoms with Gasteiger partial charge in [-0.1, -0.05) is 17.7 Å². The summed E-state index contributed by atoms with van der Waals surface area (Å²) in [4.78, 5) is 23.7. The maximum absolute atomic E-state index is 11.9. The van der Waals surface area contributed by atoms with Crippen LogP contribution in [0.15, 0.2) is 36.7 Å². The van der Waals surface area contributed by atoms with Crippen molar-refractivity contribution in [3.05, 3.63) is 64.1 Å². The fourth-order valence-electron chi connectivity index (χ4n) is 2.32. The molecule has 0 bridgehead atoms. The van der Waals surface area contributed by atoms with Crippen molar-refractivity contribution in [3.8, 4) is 0 Å². The van der Waals surface area contributed by atoms with Gasteiger partial charge in [-0.3, -0.25) is 4.79 Å². The summed E-state index contributed by atoms with van der Waals surface area (Å²) in [5.41, 5.74) is 3.95. The maximum Gasteiger partial charge on any atom is 0.339 e. The minimum absolute atomic E-state index is 0.215. The first-order chi connectivity index (χ1) is 10.9. The van der Waals surface area contributed by atoms with Crippen LogP contribution in [-0.2, 0) is 9.53 Å². The van der Waals surface area contributed by atoms with E-state index in [4.69, 9.17) is 4.74 Å². The molecule has 1 heterocycles. The molecule has 1 amide bonds. The number of carbonyl (C=O) groups is 2. The lowest BCUT2D eigenvalue weighted by Gasteiger charge is -2.13. The van der Waals surface area contributed by atoms with Gasteiger partial charge in [-0.15, -0.1) is 0 Å². The molecule has 0 saturated heterocycles. The van der Waals surface area contributed by atoms with Gasteiger partial charge in [0.25, 0.3) is 5.91 Å². The molecule has 2 aromatic rings. The number of aryl methyl sites for hydroxylation is 3. The van der Waals surface area contributed by atoms with E-state index < -0.39 is 18.5 Å². The number of benzene rings is 1. The van der Waals surface area contributed by atoms with Crippen LogP contribution in [0.2, 0.25) is 0 Å². The number of hydrogen-bond acceptors (Lipinski definition) is 4. The molecule has 23 heavy (non-hydrogen) atoms. The van der Waals surface area contributed by atoms with E-state index in [1.165, 1.54) is 24.5 Å². The topological polar surface area (TPSA) is 82.3 Å². The third-order valence-corrected chi connectivity index (χ3v) is 3.31. The van der Waals surface area contributed by atoms with Crippen LogP contribution >= 0.6 is 0 Å². The molecule has 0 fully saturated rings. The van der Waals surface area contributed by atoms with Gasteiger partial charge in [0.05, 0.1) is 5.56 Å². The molecule has 6 heteroatoms. The predicted octanol–water partition coefficient (Wildman–Crippen LogP) is 2.04.